The molecule has 5 aromatic rings. The summed E-state index contributed by atoms with van der Waals surface area (Å²) in [6, 6.07) is 25.1. The van der Waals surface area contributed by atoms with Crippen LogP contribution in [0, 0.1) is 6.92 Å². The molecule has 0 N–H and O–H groups in total. The maximum absolute atomic E-state index is 13.5. The topological polar surface area (TPSA) is 44.0 Å². The summed E-state index contributed by atoms with van der Waals surface area (Å²) in [7, 11) is 0. The van der Waals surface area contributed by atoms with Crippen LogP contribution < -0.4 is 11.2 Å². The first-order valence-corrected chi connectivity index (χ1v) is 10.2. The molecule has 29 heavy (non-hydrogen) atoms. The van der Waals surface area contributed by atoms with Crippen molar-refractivity contribution in [3.63, 3.8) is 0 Å². The average Bonchev–Trinajstić information content (AvgIpc) is 3.13. The second kappa shape index (κ2) is 6.87. The largest absolute Gasteiger partial charge is 0.336 e. The standard InChI is InChI=1S/C24H18N2O2S/c1-16-11-13-17(14-12-16)15-25-21-19-9-5-6-10-20(19)29-22(21)23(27)26(24(25)28)18-7-3-2-4-8-18/h2-14H,15H2,1H3. The fourth-order valence-corrected chi connectivity index (χ4v) is 4.81. The molecule has 5 heteroatoms. The molecule has 0 saturated carbocycles. The van der Waals surface area contributed by atoms with Crippen molar-refractivity contribution in [2.24, 2.45) is 0 Å². The maximum Gasteiger partial charge on any atom is 0.336 e. The van der Waals surface area contributed by atoms with Gasteiger partial charge in [0.2, 0.25) is 0 Å². The van der Waals surface area contributed by atoms with Gasteiger partial charge in [-0.2, -0.15) is 0 Å². The summed E-state index contributed by atoms with van der Waals surface area (Å²) < 4.78 is 4.61. The monoisotopic (exact) mass is 398 g/mol. The molecule has 0 spiro atoms. The van der Waals surface area contributed by atoms with Crippen LogP contribution in [0.2, 0.25) is 0 Å². The van der Waals surface area contributed by atoms with Crippen LogP contribution in [-0.2, 0) is 6.54 Å². The smallest absolute Gasteiger partial charge is 0.287 e. The Morgan fingerprint density at radius 2 is 1.52 bits per heavy atom. The molecule has 0 amide bonds. The van der Waals surface area contributed by atoms with Crippen molar-refractivity contribution in [1.82, 2.24) is 9.13 Å². The summed E-state index contributed by atoms with van der Waals surface area (Å²) >= 11 is 1.44. The molecule has 3 aromatic carbocycles. The predicted octanol–water partition coefficient (Wildman–Crippen LogP) is 4.72. The lowest BCUT2D eigenvalue weighted by Crippen LogP contribution is -2.38. The third kappa shape index (κ3) is 2.91. The number of benzene rings is 3. The quantitative estimate of drug-likeness (QED) is 0.441. The molecule has 2 heterocycles. The highest BCUT2D eigenvalue weighted by Crippen LogP contribution is 2.31. The number of rotatable bonds is 3. The number of hydrogen-bond donors (Lipinski definition) is 0. The van der Waals surface area contributed by atoms with E-state index in [4.69, 9.17) is 0 Å². The Labute approximate surface area is 170 Å². The zero-order chi connectivity index (χ0) is 20.0. The van der Waals surface area contributed by atoms with E-state index in [0.717, 1.165) is 15.6 Å². The molecule has 0 aliphatic heterocycles. The predicted molar refractivity (Wildman–Crippen MR) is 119 cm³/mol. The highest BCUT2D eigenvalue weighted by molar-refractivity contribution is 7.25. The van der Waals surface area contributed by atoms with Crippen LogP contribution in [0.4, 0.5) is 0 Å². The van der Waals surface area contributed by atoms with E-state index < -0.39 is 0 Å². The van der Waals surface area contributed by atoms with Crippen molar-refractivity contribution < 1.29 is 0 Å². The fourth-order valence-electron chi connectivity index (χ4n) is 3.68. The van der Waals surface area contributed by atoms with Crippen molar-refractivity contribution in [3.05, 3.63) is 111 Å². The molecule has 0 fully saturated rings. The first kappa shape index (κ1) is 17.6. The van der Waals surface area contributed by atoms with Crippen LogP contribution in [-0.4, -0.2) is 9.13 Å². The zero-order valence-electron chi connectivity index (χ0n) is 15.8. The average molecular weight is 398 g/mol. The van der Waals surface area contributed by atoms with Crippen LogP contribution in [0.15, 0.2) is 88.5 Å². The van der Waals surface area contributed by atoms with Crippen LogP contribution in [0.25, 0.3) is 26.0 Å². The van der Waals surface area contributed by atoms with E-state index in [9.17, 15) is 9.59 Å². The highest BCUT2D eigenvalue weighted by atomic mass is 32.1. The van der Waals surface area contributed by atoms with Gasteiger partial charge in [-0.25, -0.2) is 9.36 Å². The van der Waals surface area contributed by atoms with E-state index in [1.165, 1.54) is 21.5 Å². The van der Waals surface area contributed by atoms with Crippen molar-refractivity contribution in [3.8, 4) is 5.69 Å². The maximum atomic E-state index is 13.5. The normalized spacial score (nSPS) is 11.3. The van der Waals surface area contributed by atoms with Gasteiger partial charge in [0, 0.05) is 10.1 Å². The van der Waals surface area contributed by atoms with Crippen molar-refractivity contribution in [1.29, 1.82) is 0 Å². The zero-order valence-corrected chi connectivity index (χ0v) is 16.6. The van der Waals surface area contributed by atoms with Crippen molar-refractivity contribution in [2.75, 3.05) is 0 Å². The minimum absolute atomic E-state index is 0.266. The first-order valence-electron chi connectivity index (χ1n) is 9.41. The molecule has 0 aliphatic carbocycles. The van der Waals surface area contributed by atoms with E-state index in [1.54, 1.807) is 16.7 Å². The number of nitrogens with zero attached hydrogens (tertiary/aromatic N) is 2. The van der Waals surface area contributed by atoms with Gasteiger partial charge in [0.15, 0.2) is 0 Å². The molecule has 142 valence electrons. The lowest BCUT2D eigenvalue weighted by molar-refractivity contribution is 0.718. The van der Waals surface area contributed by atoms with Gasteiger partial charge in [-0.3, -0.25) is 9.36 Å². The molecule has 0 aliphatic rings. The van der Waals surface area contributed by atoms with Gasteiger partial charge in [0.05, 0.1) is 17.7 Å². The third-order valence-corrected chi connectivity index (χ3v) is 6.28. The molecular formula is C24H18N2O2S. The summed E-state index contributed by atoms with van der Waals surface area (Å²) in [5.74, 6) is 0. The Balaban J connectivity index is 1.89. The molecule has 5 rings (SSSR count). The van der Waals surface area contributed by atoms with E-state index >= 15 is 0 Å². The van der Waals surface area contributed by atoms with E-state index in [1.807, 2.05) is 73.7 Å². The van der Waals surface area contributed by atoms with Crippen LogP contribution in [0.3, 0.4) is 0 Å². The van der Waals surface area contributed by atoms with Gasteiger partial charge in [-0.15, -0.1) is 11.3 Å². The second-order valence-electron chi connectivity index (χ2n) is 7.11. The summed E-state index contributed by atoms with van der Waals surface area (Å²) in [4.78, 5) is 26.9. The van der Waals surface area contributed by atoms with Gasteiger partial charge in [-0.05, 0) is 30.7 Å². The lowest BCUT2D eigenvalue weighted by atomic mass is 10.1. The third-order valence-electron chi connectivity index (χ3n) is 5.13. The number of para-hydroxylation sites is 1. The van der Waals surface area contributed by atoms with Crippen LogP contribution in [0.1, 0.15) is 11.1 Å². The molecule has 0 saturated heterocycles. The Morgan fingerprint density at radius 3 is 2.28 bits per heavy atom. The molecule has 4 nitrogen and oxygen atoms in total. The SMILES string of the molecule is Cc1ccc(Cn2c(=O)n(-c3ccccc3)c(=O)c3sc4ccccc4c32)cc1. The second-order valence-corrected chi connectivity index (χ2v) is 8.16. The van der Waals surface area contributed by atoms with Crippen molar-refractivity contribution in [2.45, 2.75) is 13.5 Å². The van der Waals surface area contributed by atoms with Gasteiger partial charge in [0.25, 0.3) is 5.56 Å². The number of aryl methyl sites for hydroxylation is 1. The van der Waals surface area contributed by atoms with Crippen LogP contribution >= 0.6 is 11.3 Å². The summed E-state index contributed by atoms with van der Waals surface area (Å²) in [6.07, 6.45) is 0. The molecule has 0 radical (unpaired) electrons. The lowest BCUT2D eigenvalue weighted by Gasteiger charge is -2.13. The Kier molecular flexibility index (Phi) is 4.18. The van der Waals surface area contributed by atoms with Gasteiger partial charge >= 0.3 is 5.69 Å². The first-order chi connectivity index (χ1) is 14.1. The molecule has 0 atom stereocenters. The van der Waals surface area contributed by atoms with Gasteiger partial charge in [0.1, 0.15) is 4.70 Å². The minimum Gasteiger partial charge on any atom is -0.287 e. The number of aromatic nitrogens is 2. The fraction of sp³-hybridized carbons (Fsp3) is 0.0833. The van der Waals surface area contributed by atoms with E-state index in [-0.39, 0.29) is 11.2 Å². The molecule has 0 unspecified atom stereocenters. The minimum atomic E-state index is -0.321. The number of hydrogen-bond acceptors (Lipinski definition) is 3. The summed E-state index contributed by atoms with van der Waals surface area (Å²) in [6.45, 7) is 2.44. The molecule has 2 aromatic heterocycles. The molecule has 0 bridgehead atoms. The van der Waals surface area contributed by atoms with Gasteiger partial charge in [-0.1, -0.05) is 66.2 Å². The summed E-state index contributed by atoms with van der Waals surface area (Å²) in [5.41, 5.74) is 2.90. The Bertz CT molecular complexity index is 1460. The number of thiophene rings is 1. The van der Waals surface area contributed by atoms with Crippen LogP contribution in [0.5, 0.6) is 0 Å². The summed E-state index contributed by atoms with van der Waals surface area (Å²) in [5, 5.41) is 0.939. The Hall–Kier alpha value is -3.44. The van der Waals surface area contributed by atoms with Crippen molar-refractivity contribution >= 4 is 31.6 Å². The number of fused-ring (bicyclic) bond motifs is 3. The molecular weight excluding hydrogens is 380 g/mol. The van der Waals surface area contributed by atoms with E-state index in [2.05, 4.69) is 0 Å². The van der Waals surface area contributed by atoms with Gasteiger partial charge < -0.3 is 0 Å². The van der Waals surface area contributed by atoms with E-state index in [0.29, 0.717) is 22.4 Å². The Morgan fingerprint density at radius 1 is 0.828 bits per heavy atom. The highest BCUT2D eigenvalue weighted by Gasteiger charge is 2.19.